The van der Waals surface area contributed by atoms with Gasteiger partial charge in [-0.25, -0.2) is 4.79 Å². The Morgan fingerprint density at radius 2 is 2.10 bits per heavy atom. The highest BCUT2D eigenvalue weighted by molar-refractivity contribution is 5.86. The lowest BCUT2D eigenvalue weighted by atomic mass is 10.2. The predicted molar refractivity (Wildman–Crippen MR) is 78.3 cm³/mol. The molecule has 1 unspecified atom stereocenters. The van der Waals surface area contributed by atoms with Crippen molar-refractivity contribution in [2.24, 2.45) is 0 Å². The van der Waals surface area contributed by atoms with E-state index in [0.717, 1.165) is 11.3 Å². The molecule has 21 heavy (non-hydrogen) atoms. The summed E-state index contributed by atoms with van der Waals surface area (Å²) in [6, 6.07) is 11.2. The minimum absolute atomic E-state index is 0.0189. The Labute approximate surface area is 123 Å². The molecular formula is C16H19NO4. The SMILES string of the molecule is COC(=O)c1ccc(C(C)NCc2cccc(OC)c2)o1. The zero-order valence-corrected chi connectivity index (χ0v) is 12.4. The van der Waals surface area contributed by atoms with Crippen LogP contribution < -0.4 is 10.1 Å². The molecule has 112 valence electrons. The fourth-order valence-electron chi connectivity index (χ4n) is 1.95. The second-order valence-corrected chi connectivity index (χ2v) is 4.65. The molecule has 0 saturated heterocycles. The van der Waals surface area contributed by atoms with E-state index in [1.54, 1.807) is 19.2 Å². The maximum Gasteiger partial charge on any atom is 0.373 e. The molecule has 0 spiro atoms. The highest BCUT2D eigenvalue weighted by atomic mass is 16.5. The second-order valence-electron chi connectivity index (χ2n) is 4.65. The zero-order valence-electron chi connectivity index (χ0n) is 12.4. The van der Waals surface area contributed by atoms with Gasteiger partial charge in [0, 0.05) is 6.54 Å². The van der Waals surface area contributed by atoms with Gasteiger partial charge in [-0.1, -0.05) is 12.1 Å². The summed E-state index contributed by atoms with van der Waals surface area (Å²) >= 11 is 0. The van der Waals surface area contributed by atoms with E-state index in [9.17, 15) is 4.79 Å². The molecule has 0 aliphatic carbocycles. The van der Waals surface area contributed by atoms with Gasteiger partial charge in [-0.2, -0.15) is 0 Å². The number of esters is 1. The smallest absolute Gasteiger partial charge is 0.373 e. The number of benzene rings is 1. The summed E-state index contributed by atoms with van der Waals surface area (Å²) < 4.78 is 15.3. The van der Waals surface area contributed by atoms with Crippen LogP contribution >= 0.6 is 0 Å². The molecule has 1 aromatic heterocycles. The van der Waals surface area contributed by atoms with Crippen molar-refractivity contribution in [1.29, 1.82) is 0 Å². The number of carbonyl (C=O) groups is 1. The summed E-state index contributed by atoms with van der Waals surface area (Å²) in [5, 5.41) is 3.34. The molecule has 0 radical (unpaired) electrons. The summed E-state index contributed by atoms with van der Waals surface area (Å²) in [6.07, 6.45) is 0. The van der Waals surface area contributed by atoms with E-state index >= 15 is 0 Å². The molecule has 0 fully saturated rings. The predicted octanol–water partition coefficient (Wildman–Crippen LogP) is 2.93. The fraction of sp³-hybridized carbons (Fsp3) is 0.312. The third kappa shape index (κ3) is 3.86. The minimum atomic E-state index is -0.471. The molecule has 5 nitrogen and oxygen atoms in total. The first-order chi connectivity index (χ1) is 10.1. The van der Waals surface area contributed by atoms with Crippen LogP contribution in [0.25, 0.3) is 0 Å². The van der Waals surface area contributed by atoms with Gasteiger partial charge in [-0.3, -0.25) is 0 Å². The molecule has 2 aromatic rings. The fourth-order valence-corrected chi connectivity index (χ4v) is 1.95. The number of hydrogen-bond acceptors (Lipinski definition) is 5. The Morgan fingerprint density at radius 3 is 2.81 bits per heavy atom. The Bertz CT molecular complexity index is 606. The molecule has 1 atom stereocenters. The van der Waals surface area contributed by atoms with Crippen LogP contribution in [0.4, 0.5) is 0 Å². The number of furan rings is 1. The van der Waals surface area contributed by atoms with Gasteiger partial charge in [0.25, 0.3) is 0 Å². The van der Waals surface area contributed by atoms with Crippen LogP contribution in [0.3, 0.4) is 0 Å². The Kier molecular flexibility index (Phi) is 5.00. The summed E-state index contributed by atoms with van der Waals surface area (Å²) in [4.78, 5) is 11.3. The van der Waals surface area contributed by atoms with Crippen LogP contribution in [0.15, 0.2) is 40.8 Å². The van der Waals surface area contributed by atoms with E-state index in [1.807, 2.05) is 31.2 Å². The third-order valence-electron chi connectivity index (χ3n) is 3.19. The van der Waals surface area contributed by atoms with Gasteiger partial charge in [-0.15, -0.1) is 0 Å². The van der Waals surface area contributed by atoms with Crippen LogP contribution in [-0.4, -0.2) is 20.2 Å². The molecule has 0 amide bonds. The van der Waals surface area contributed by atoms with E-state index in [0.29, 0.717) is 12.3 Å². The zero-order chi connectivity index (χ0) is 15.2. The van der Waals surface area contributed by atoms with E-state index in [4.69, 9.17) is 9.15 Å². The molecule has 1 N–H and O–H groups in total. The second kappa shape index (κ2) is 6.95. The molecular weight excluding hydrogens is 270 g/mol. The maximum atomic E-state index is 11.3. The summed E-state index contributed by atoms with van der Waals surface area (Å²) in [6.45, 7) is 2.65. The van der Waals surface area contributed by atoms with Crippen LogP contribution in [0, 0.1) is 0 Å². The Balaban J connectivity index is 1.96. The van der Waals surface area contributed by atoms with Crippen molar-refractivity contribution in [1.82, 2.24) is 5.32 Å². The van der Waals surface area contributed by atoms with Crippen molar-refractivity contribution in [3.63, 3.8) is 0 Å². The van der Waals surface area contributed by atoms with Crippen molar-refractivity contribution < 1.29 is 18.7 Å². The van der Waals surface area contributed by atoms with Gasteiger partial charge in [0.1, 0.15) is 11.5 Å². The van der Waals surface area contributed by atoms with Crippen LogP contribution in [0.5, 0.6) is 5.75 Å². The van der Waals surface area contributed by atoms with Crippen molar-refractivity contribution >= 4 is 5.97 Å². The van der Waals surface area contributed by atoms with E-state index < -0.39 is 5.97 Å². The average molecular weight is 289 g/mol. The highest BCUT2D eigenvalue weighted by Gasteiger charge is 2.15. The number of carbonyl (C=O) groups excluding carboxylic acids is 1. The molecule has 0 bridgehead atoms. The van der Waals surface area contributed by atoms with Gasteiger partial charge >= 0.3 is 5.97 Å². The van der Waals surface area contributed by atoms with Crippen molar-refractivity contribution in [3.8, 4) is 5.75 Å². The lowest BCUT2D eigenvalue weighted by molar-refractivity contribution is 0.0562. The normalized spacial score (nSPS) is 12.0. The van der Waals surface area contributed by atoms with Gasteiger partial charge in [0.05, 0.1) is 20.3 Å². The highest BCUT2D eigenvalue weighted by Crippen LogP contribution is 2.18. The standard InChI is InChI=1S/C16H19NO4/c1-11(14-7-8-15(21-14)16(18)20-3)17-10-12-5-4-6-13(9-12)19-2/h4-9,11,17H,10H2,1-3H3. The van der Waals surface area contributed by atoms with Crippen molar-refractivity contribution in [2.45, 2.75) is 19.5 Å². The number of nitrogens with one attached hydrogen (secondary N) is 1. The Morgan fingerprint density at radius 1 is 1.29 bits per heavy atom. The molecule has 1 heterocycles. The minimum Gasteiger partial charge on any atom is -0.497 e. The lowest BCUT2D eigenvalue weighted by Gasteiger charge is -2.12. The van der Waals surface area contributed by atoms with E-state index in [2.05, 4.69) is 10.1 Å². The first kappa shape index (κ1) is 15.1. The summed E-state index contributed by atoms with van der Waals surface area (Å²) in [7, 11) is 2.97. The number of methoxy groups -OCH3 is 2. The number of hydrogen-bond donors (Lipinski definition) is 1. The van der Waals surface area contributed by atoms with Crippen LogP contribution in [0.2, 0.25) is 0 Å². The molecule has 0 saturated carbocycles. The lowest BCUT2D eigenvalue weighted by Crippen LogP contribution is -2.17. The summed E-state index contributed by atoms with van der Waals surface area (Å²) in [5.74, 6) is 1.26. The quantitative estimate of drug-likeness (QED) is 0.828. The number of ether oxygens (including phenoxy) is 2. The first-order valence-corrected chi connectivity index (χ1v) is 6.68. The largest absolute Gasteiger partial charge is 0.497 e. The van der Waals surface area contributed by atoms with Crippen LogP contribution in [-0.2, 0) is 11.3 Å². The van der Waals surface area contributed by atoms with Crippen molar-refractivity contribution in [3.05, 3.63) is 53.5 Å². The molecule has 2 rings (SSSR count). The van der Waals surface area contributed by atoms with E-state index in [-0.39, 0.29) is 11.8 Å². The Hall–Kier alpha value is -2.27. The first-order valence-electron chi connectivity index (χ1n) is 6.68. The molecule has 0 aliphatic rings. The molecule has 5 heteroatoms. The summed E-state index contributed by atoms with van der Waals surface area (Å²) in [5.41, 5.74) is 1.11. The maximum absolute atomic E-state index is 11.3. The van der Waals surface area contributed by atoms with Crippen LogP contribution in [0.1, 0.15) is 34.8 Å². The monoisotopic (exact) mass is 289 g/mol. The third-order valence-corrected chi connectivity index (χ3v) is 3.19. The van der Waals surface area contributed by atoms with Gasteiger partial charge < -0.3 is 19.2 Å². The molecule has 0 aliphatic heterocycles. The van der Waals surface area contributed by atoms with Crippen molar-refractivity contribution in [2.75, 3.05) is 14.2 Å². The average Bonchev–Trinajstić information content (AvgIpc) is 3.02. The molecule has 1 aromatic carbocycles. The van der Waals surface area contributed by atoms with Gasteiger partial charge in [0.15, 0.2) is 0 Å². The topological polar surface area (TPSA) is 60.7 Å². The van der Waals surface area contributed by atoms with Gasteiger partial charge in [-0.05, 0) is 36.8 Å². The van der Waals surface area contributed by atoms with Gasteiger partial charge in [0.2, 0.25) is 5.76 Å². The number of rotatable bonds is 6. The van der Waals surface area contributed by atoms with E-state index in [1.165, 1.54) is 7.11 Å².